The van der Waals surface area contributed by atoms with Crippen molar-refractivity contribution in [1.29, 1.82) is 0 Å². The molecule has 3 aromatic rings. The van der Waals surface area contributed by atoms with Gasteiger partial charge in [-0.1, -0.05) is 18.2 Å². The fourth-order valence-electron chi connectivity index (χ4n) is 2.14. The maximum absolute atomic E-state index is 13.5. The minimum atomic E-state index is -0.590. The molecule has 0 fully saturated rings. The molecule has 0 N–H and O–H groups in total. The van der Waals surface area contributed by atoms with Crippen molar-refractivity contribution in [3.8, 4) is 0 Å². The van der Waals surface area contributed by atoms with Crippen molar-refractivity contribution in [2.45, 2.75) is 6.42 Å². The zero-order chi connectivity index (χ0) is 14.1. The highest BCUT2D eigenvalue weighted by Crippen LogP contribution is 2.23. The minimum absolute atomic E-state index is 0.0419. The van der Waals surface area contributed by atoms with Crippen LogP contribution in [-0.4, -0.2) is 5.78 Å². The first-order valence-electron chi connectivity index (χ1n) is 6.08. The van der Waals surface area contributed by atoms with Crippen LogP contribution in [0.3, 0.4) is 0 Å². The number of halogens is 2. The Morgan fingerprint density at radius 2 is 1.90 bits per heavy atom. The SMILES string of the molecule is O=C(Cc1cc(F)ccc1F)c1coc2ccccc12. The van der Waals surface area contributed by atoms with Gasteiger partial charge in [0, 0.05) is 11.8 Å². The molecule has 0 saturated heterocycles. The second kappa shape index (κ2) is 4.89. The van der Waals surface area contributed by atoms with Crippen molar-refractivity contribution in [2.24, 2.45) is 0 Å². The van der Waals surface area contributed by atoms with Crippen LogP contribution in [0.25, 0.3) is 11.0 Å². The summed E-state index contributed by atoms with van der Waals surface area (Å²) in [6, 6.07) is 10.2. The molecule has 0 saturated carbocycles. The number of ketones is 1. The van der Waals surface area contributed by atoms with Crippen molar-refractivity contribution >= 4 is 16.8 Å². The van der Waals surface area contributed by atoms with Gasteiger partial charge in [0.1, 0.15) is 23.5 Å². The van der Waals surface area contributed by atoms with E-state index in [1.54, 1.807) is 24.3 Å². The molecule has 0 unspecified atom stereocenters. The quantitative estimate of drug-likeness (QED) is 0.671. The molecule has 0 aliphatic carbocycles. The van der Waals surface area contributed by atoms with E-state index < -0.39 is 11.6 Å². The Hall–Kier alpha value is -2.49. The molecule has 0 aliphatic rings. The predicted molar refractivity (Wildman–Crippen MR) is 70.6 cm³/mol. The van der Waals surface area contributed by atoms with Crippen LogP contribution in [-0.2, 0) is 6.42 Å². The number of fused-ring (bicyclic) bond motifs is 1. The second-order valence-corrected chi connectivity index (χ2v) is 4.48. The molecule has 3 rings (SSSR count). The minimum Gasteiger partial charge on any atom is -0.464 e. The van der Waals surface area contributed by atoms with Gasteiger partial charge in [-0.2, -0.15) is 0 Å². The molecule has 2 nitrogen and oxygen atoms in total. The summed E-state index contributed by atoms with van der Waals surface area (Å²) in [6.07, 6.45) is 1.15. The Labute approximate surface area is 113 Å². The zero-order valence-corrected chi connectivity index (χ0v) is 10.4. The largest absolute Gasteiger partial charge is 0.464 e. The van der Waals surface area contributed by atoms with Gasteiger partial charge in [0.2, 0.25) is 0 Å². The number of furan rings is 1. The zero-order valence-electron chi connectivity index (χ0n) is 10.4. The summed E-state index contributed by atoms with van der Waals surface area (Å²) < 4.78 is 31.9. The Kier molecular flexibility index (Phi) is 3.06. The molecule has 1 heterocycles. The second-order valence-electron chi connectivity index (χ2n) is 4.48. The highest BCUT2D eigenvalue weighted by Gasteiger charge is 2.16. The lowest BCUT2D eigenvalue weighted by Gasteiger charge is -2.02. The van der Waals surface area contributed by atoms with Gasteiger partial charge in [-0.3, -0.25) is 4.79 Å². The number of hydrogen-bond donors (Lipinski definition) is 0. The Bertz CT molecular complexity index is 790. The van der Waals surface area contributed by atoms with Crippen molar-refractivity contribution in [3.63, 3.8) is 0 Å². The summed E-state index contributed by atoms with van der Waals surface area (Å²) in [5.74, 6) is -1.46. The molecule has 4 heteroatoms. The maximum atomic E-state index is 13.5. The van der Waals surface area contributed by atoms with Crippen LogP contribution in [0.1, 0.15) is 15.9 Å². The van der Waals surface area contributed by atoms with Crippen molar-refractivity contribution < 1.29 is 18.0 Å². The van der Waals surface area contributed by atoms with Gasteiger partial charge in [-0.15, -0.1) is 0 Å². The van der Waals surface area contributed by atoms with E-state index in [4.69, 9.17) is 4.42 Å². The standard InChI is InChI=1S/C16H10F2O2/c17-11-5-6-14(18)10(7-11)8-15(19)13-9-20-16-4-2-1-3-12(13)16/h1-7,9H,8H2. The van der Waals surface area contributed by atoms with Gasteiger partial charge in [0.25, 0.3) is 0 Å². The third-order valence-electron chi connectivity index (χ3n) is 3.14. The Balaban J connectivity index is 1.95. The first-order chi connectivity index (χ1) is 9.65. The molecular weight excluding hydrogens is 262 g/mol. The summed E-state index contributed by atoms with van der Waals surface area (Å²) in [4.78, 5) is 12.2. The number of hydrogen-bond acceptors (Lipinski definition) is 2. The summed E-state index contributed by atoms with van der Waals surface area (Å²) >= 11 is 0. The molecule has 0 radical (unpaired) electrons. The van der Waals surface area contributed by atoms with Crippen molar-refractivity contribution in [1.82, 2.24) is 0 Å². The van der Waals surface area contributed by atoms with E-state index in [2.05, 4.69) is 0 Å². The fourth-order valence-corrected chi connectivity index (χ4v) is 2.14. The van der Waals surface area contributed by atoms with Gasteiger partial charge >= 0.3 is 0 Å². The van der Waals surface area contributed by atoms with Crippen LogP contribution >= 0.6 is 0 Å². The van der Waals surface area contributed by atoms with E-state index in [0.717, 1.165) is 18.2 Å². The van der Waals surface area contributed by atoms with Crippen LogP contribution < -0.4 is 0 Å². The van der Waals surface area contributed by atoms with E-state index in [-0.39, 0.29) is 17.8 Å². The predicted octanol–water partition coefficient (Wildman–Crippen LogP) is 4.14. The van der Waals surface area contributed by atoms with Gasteiger partial charge in [0.15, 0.2) is 5.78 Å². The Morgan fingerprint density at radius 1 is 1.10 bits per heavy atom. The molecule has 20 heavy (non-hydrogen) atoms. The number of benzene rings is 2. The molecule has 100 valence electrons. The van der Waals surface area contributed by atoms with Crippen molar-refractivity contribution in [3.05, 3.63) is 71.5 Å². The maximum Gasteiger partial charge on any atom is 0.171 e. The molecule has 0 bridgehead atoms. The molecule has 0 spiro atoms. The molecular formula is C16H10F2O2. The molecule has 0 atom stereocenters. The van der Waals surface area contributed by atoms with Crippen LogP contribution in [0.4, 0.5) is 8.78 Å². The first-order valence-corrected chi connectivity index (χ1v) is 6.08. The lowest BCUT2D eigenvalue weighted by atomic mass is 10.0. The molecule has 1 aromatic heterocycles. The van der Waals surface area contributed by atoms with Crippen molar-refractivity contribution in [2.75, 3.05) is 0 Å². The van der Waals surface area contributed by atoms with E-state index in [9.17, 15) is 13.6 Å². The number of rotatable bonds is 3. The van der Waals surface area contributed by atoms with E-state index in [1.165, 1.54) is 6.26 Å². The fraction of sp³-hybridized carbons (Fsp3) is 0.0625. The van der Waals surface area contributed by atoms with E-state index >= 15 is 0 Å². The summed E-state index contributed by atoms with van der Waals surface area (Å²) in [5.41, 5.74) is 1.01. The Morgan fingerprint density at radius 3 is 2.75 bits per heavy atom. The smallest absolute Gasteiger partial charge is 0.171 e. The van der Waals surface area contributed by atoms with Crippen LogP contribution in [0.5, 0.6) is 0 Å². The third-order valence-corrected chi connectivity index (χ3v) is 3.14. The lowest BCUT2D eigenvalue weighted by Crippen LogP contribution is -2.05. The normalized spacial score (nSPS) is 10.9. The highest BCUT2D eigenvalue weighted by molar-refractivity contribution is 6.07. The number of carbonyl (C=O) groups is 1. The third kappa shape index (κ3) is 2.20. The molecule has 2 aromatic carbocycles. The molecule has 0 amide bonds. The van der Waals surface area contributed by atoms with Crippen LogP contribution in [0.2, 0.25) is 0 Å². The number of carbonyl (C=O) groups excluding carboxylic acids is 1. The van der Waals surface area contributed by atoms with Gasteiger partial charge in [0.05, 0.1) is 5.56 Å². The van der Waals surface area contributed by atoms with Gasteiger partial charge in [-0.25, -0.2) is 8.78 Å². The van der Waals surface area contributed by atoms with Crippen LogP contribution in [0.15, 0.2) is 53.1 Å². The van der Waals surface area contributed by atoms with Gasteiger partial charge < -0.3 is 4.42 Å². The van der Waals surface area contributed by atoms with E-state index in [0.29, 0.717) is 16.5 Å². The topological polar surface area (TPSA) is 30.2 Å². The number of Topliss-reactive ketones (excluding diaryl/α,β-unsaturated/α-hetero) is 1. The summed E-state index contributed by atoms with van der Waals surface area (Å²) in [7, 11) is 0. The van der Waals surface area contributed by atoms with Gasteiger partial charge in [-0.05, 0) is 29.8 Å². The summed E-state index contributed by atoms with van der Waals surface area (Å²) in [6.45, 7) is 0. The lowest BCUT2D eigenvalue weighted by molar-refractivity contribution is 0.0992. The first kappa shape index (κ1) is 12.5. The molecule has 0 aliphatic heterocycles. The van der Waals surface area contributed by atoms with Crippen LogP contribution in [0, 0.1) is 11.6 Å². The monoisotopic (exact) mass is 272 g/mol. The summed E-state index contributed by atoms with van der Waals surface area (Å²) in [5, 5.41) is 0.675. The number of para-hydroxylation sites is 1. The average Bonchev–Trinajstić information content (AvgIpc) is 2.87. The highest BCUT2D eigenvalue weighted by atomic mass is 19.1. The average molecular weight is 272 g/mol. The van der Waals surface area contributed by atoms with E-state index in [1.807, 2.05) is 0 Å².